The fourth-order valence-corrected chi connectivity index (χ4v) is 4.84. The Labute approximate surface area is 204 Å². The normalized spacial score (nSPS) is 13.8. The quantitative estimate of drug-likeness (QED) is 0.167. The maximum atomic E-state index is 11.2. The number of hydrogen-bond acceptors (Lipinski definition) is 4. The first-order chi connectivity index (χ1) is 13.4. The maximum absolute atomic E-state index is 11.2. The van der Waals surface area contributed by atoms with Gasteiger partial charge in [-0.15, -0.1) is 0 Å². The fraction of sp³-hybridized carbons (Fsp3) is 1.00. The van der Waals surface area contributed by atoms with Crippen LogP contribution in [0.5, 0.6) is 0 Å². The Morgan fingerprint density at radius 2 is 1.00 bits per heavy atom. The van der Waals surface area contributed by atoms with Gasteiger partial charge in [-0.2, -0.15) is 0 Å². The van der Waals surface area contributed by atoms with Crippen LogP contribution in [-0.4, -0.2) is 29.4 Å². The minimum absolute atomic E-state index is 0. The minimum Gasteiger partial charge on any atom is -0.748 e. The standard InChI is InChI=1S/C23H48O4S.Na/c1-3-5-19-22(24)20-16-14-12-10-8-6-7-9-11-13-15-17-21-23(18-4-2)28(25,26)27;/h22-24H,3-21H2,1-2H3,(H,25,26,27);/q;+1/p-1. The molecule has 0 rings (SSSR count). The molecule has 0 aromatic carbocycles. The first kappa shape index (κ1) is 32.1. The van der Waals surface area contributed by atoms with Crippen molar-refractivity contribution in [1.82, 2.24) is 0 Å². The summed E-state index contributed by atoms with van der Waals surface area (Å²) in [4.78, 5) is 0. The van der Waals surface area contributed by atoms with E-state index in [1.165, 1.54) is 57.8 Å². The van der Waals surface area contributed by atoms with Crippen LogP contribution in [-0.2, 0) is 10.1 Å². The van der Waals surface area contributed by atoms with Gasteiger partial charge in [0.25, 0.3) is 0 Å². The summed E-state index contributed by atoms with van der Waals surface area (Å²) in [5.74, 6) is 0. The average Bonchev–Trinajstić information content (AvgIpc) is 2.64. The van der Waals surface area contributed by atoms with Crippen LogP contribution in [0.25, 0.3) is 0 Å². The summed E-state index contributed by atoms with van der Waals surface area (Å²) in [5.41, 5.74) is 0. The van der Waals surface area contributed by atoms with Crippen LogP contribution in [0, 0.1) is 0 Å². The molecule has 0 bridgehead atoms. The monoisotopic (exact) mass is 442 g/mol. The van der Waals surface area contributed by atoms with Crippen molar-refractivity contribution >= 4 is 10.1 Å². The molecule has 29 heavy (non-hydrogen) atoms. The molecular weight excluding hydrogens is 395 g/mol. The molecule has 0 fully saturated rings. The average molecular weight is 443 g/mol. The summed E-state index contributed by atoms with van der Waals surface area (Å²) in [6, 6.07) is 0. The molecule has 1 N–H and O–H groups in total. The van der Waals surface area contributed by atoms with Crippen LogP contribution in [0.15, 0.2) is 0 Å². The largest absolute Gasteiger partial charge is 1.00 e. The van der Waals surface area contributed by atoms with Crippen LogP contribution in [0.3, 0.4) is 0 Å². The van der Waals surface area contributed by atoms with Crippen molar-refractivity contribution < 1.29 is 47.6 Å². The van der Waals surface area contributed by atoms with Gasteiger partial charge >= 0.3 is 29.6 Å². The first-order valence-corrected chi connectivity index (χ1v) is 13.5. The van der Waals surface area contributed by atoms with Gasteiger partial charge in [0.2, 0.25) is 0 Å². The summed E-state index contributed by atoms with van der Waals surface area (Å²) in [6.07, 6.45) is 20.5. The smallest absolute Gasteiger partial charge is 0.748 e. The molecule has 170 valence electrons. The van der Waals surface area contributed by atoms with E-state index in [-0.39, 0.29) is 35.7 Å². The van der Waals surface area contributed by atoms with E-state index in [1.807, 2.05) is 6.92 Å². The molecule has 0 aliphatic carbocycles. The van der Waals surface area contributed by atoms with Gasteiger partial charge in [0.15, 0.2) is 0 Å². The molecule has 0 amide bonds. The van der Waals surface area contributed by atoms with Gasteiger partial charge in [-0.3, -0.25) is 0 Å². The predicted octanol–water partition coefficient (Wildman–Crippen LogP) is 3.72. The summed E-state index contributed by atoms with van der Waals surface area (Å²) < 4.78 is 33.5. The van der Waals surface area contributed by atoms with Gasteiger partial charge in [-0.05, 0) is 25.7 Å². The minimum atomic E-state index is -4.11. The van der Waals surface area contributed by atoms with Crippen molar-refractivity contribution in [3.63, 3.8) is 0 Å². The molecule has 0 aliphatic rings. The third-order valence-corrected chi connectivity index (χ3v) is 7.01. The molecule has 0 saturated carbocycles. The van der Waals surface area contributed by atoms with Gasteiger partial charge < -0.3 is 9.66 Å². The van der Waals surface area contributed by atoms with Gasteiger partial charge in [0.1, 0.15) is 0 Å². The molecule has 0 saturated heterocycles. The third-order valence-electron chi connectivity index (χ3n) is 5.72. The summed E-state index contributed by atoms with van der Waals surface area (Å²) >= 11 is 0. The second kappa shape index (κ2) is 22.1. The SMILES string of the molecule is CCCCC(O)CCCCCCCCCCCCCCC(CCC)S(=O)(=O)[O-].[Na+]. The van der Waals surface area contributed by atoms with E-state index in [2.05, 4.69) is 6.92 Å². The zero-order valence-corrected chi connectivity index (χ0v) is 22.5. The van der Waals surface area contributed by atoms with Gasteiger partial charge in [0.05, 0.1) is 16.2 Å². The Morgan fingerprint density at radius 3 is 1.38 bits per heavy atom. The van der Waals surface area contributed by atoms with Crippen LogP contribution in [0.2, 0.25) is 0 Å². The Balaban J connectivity index is 0. The van der Waals surface area contributed by atoms with Crippen molar-refractivity contribution in [2.24, 2.45) is 0 Å². The van der Waals surface area contributed by atoms with Crippen molar-refractivity contribution in [3.05, 3.63) is 0 Å². The molecule has 6 heteroatoms. The molecule has 0 aliphatic heterocycles. The Kier molecular flexibility index (Phi) is 24.4. The van der Waals surface area contributed by atoms with Gasteiger partial charge in [0, 0.05) is 5.25 Å². The van der Waals surface area contributed by atoms with E-state index in [0.29, 0.717) is 12.8 Å². The van der Waals surface area contributed by atoms with Crippen LogP contribution in [0.1, 0.15) is 136 Å². The van der Waals surface area contributed by atoms with Crippen LogP contribution >= 0.6 is 0 Å². The number of unbranched alkanes of at least 4 members (excludes halogenated alkanes) is 12. The van der Waals surface area contributed by atoms with Crippen LogP contribution in [0.4, 0.5) is 0 Å². The fourth-order valence-electron chi connectivity index (χ4n) is 3.86. The van der Waals surface area contributed by atoms with E-state index < -0.39 is 15.4 Å². The Hall–Kier alpha value is 0.870. The van der Waals surface area contributed by atoms with Gasteiger partial charge in [-0.1, -0.05) is 110 Å². The zero-order valence-electron chi connectivity index (χ0n) is 19.7. The topological polar surface area (TPSA) is 77.4 Å². The molecule has 2 unspecified atom stereocenters. The number of rotatable bonds is 21. The molecule has 0 heterocycles. The molecule has 4 nitrogen and oxygen atoms in total. The number of hydrogen-bond donors (Lipinski definition) is 1. The first-order valence-electron chi connectivity index (χ1n) is 12.0. The molecule has 2 atom stereocenters. The van der Waals surface area contributed by atoms with Crippen molar-refractivity contribution in [3.8, 4) is 0 Å². The Bertz CT molecular complexity index is 429. The van der Waals surface area contributed by atoms with E-state index in [9.17, 15) is 18.1 Å². The van der Waals surface area contributed by atoms with E-state index in [1.54, 1.807) is 0 Å². The van der Waals surface area contributed by atoms with E-state index in [0.717, 1.165) is 51.4 Å². The molecular formula is C23H47NaO4S. The van der Waals surface area contributed by atoms with E-state index in [4.69, 9.17) is 0 Å². The van der Waals surface area contributed by atoms with Gasteiger partial charge in [-0.25, -0.2) is 8.42 Å². The van der Waals surface area contributed by atoms with Crippen LogP contribution < -0.4 is 29.6 Å². The third kappa shape index (κ3) is 21.9. The second-order valence-corrected chi connectivity index (χ2v) is 10.2. The summed E-state index contributed by atoms with van der Waals surface area (Å²) in [7, 11) is -4.11. The van der Waals surface area contributed by atoms with Crippen molar-refractivity contribution in [1.29, 1.82) is 0 Å². The molecule has 0 radical (unpaired) electrons. The predicted molar refractivity (Wildman–Crippen MR) is 119 cm³/mol. The molecule has 0 spiro atoms. The Morgan fingerprint density at radius 1 is 0.621 bits per heavy atom. The maximum Gasteiger partial charge on any atom is 1.00 e. The summed E-state index contributed by atoms with van der Waals surface area (Å²) in [6.45, 7) is 4.10. The molecule has 0 aromatic rings. The van der Waals surface area contributed by atoms with Crippen molar-refractivity contribution in [2.75, 3.05) is 0 Å². The van der Waals surface area contributed by atoms with Crippen molar-refractivity contribution in [2.45, 2.75) is 147 Å². The summed E-state index contributed by atoms with van der Waals surface area (Å²) in [5, 5.41) is 9.13. The number of aliphatic hydroxyl groups is 1. The second-order valence-electron chi connectivity index (χ2n) is 8.52. The number of aliphatic hydroxyl groups excluding tert-OH is 1. The zero-order chi connectivity index (χ0) is 21.1. The molecule has 0 aromatic heterocycles. The van der Waals surface area contributed by atoms with E-state index >= 15 is 0 Å².